The van der Waals surface area contributed by atoms with Crippen LogP contribution >= 0.6 is 0 Å². The molecule has 0 spiro atoms. The number of rotatable bonds is 5. The Kier molecular flexibility index (Phi) is 11.2. The summed E-state index contributed by atoms with van der Waals surface area (Å²) >= 11 is 0. The molecule has 0 aliphatic carbocycles. The van der Waals surface area contributed by atoms with Crippen molar-refractivity contribution in [3.63, 3.8) is 0 Å². The summed E-state index contributed by atoms with van der Waals surface area (Å²) in [4.78, 5) is 0. The van der Waals surface area contributed by atoms with Gasteiger partial charge in [0.25, 0.3) is 0 Å². The second kappa shape index (κ2) is 9.90. The smallest absolute Gasteiger partial charge is 0.00876 e. The standard InChI is InChI=1S/C8H19N.C7H17N/c1-5-7(4)8(9)6(2)3;1-5(2)7(8)6(3)4/h6-8H,5,9H2,1-4H3;5-7H,8H2,1-4H3/t7?,8-;/m1./s1. The van der Waals surface area contributed by atoms with Crippen molar-refractivity contribution in [3.8, 4) is 0 Å². The van der Waals surface area contributed by atoms with Gasteiger partial charge in [0, 0.05) is 12.1 Å². The summed E-state index contributed by atoms with van der Waals surface area (Å²) in [5, 5.41) is 0. The molecular formula is C15H36N2. The summed E-state index contributed by atoms with van der Waals surface area (Å²) in [5.74, 6) is 2.54. The molecule has 0 amide bonds. The second-order valence-electron chi connectivity index (χ2n) is 6.27. The molecule has 0 saturated carbocycles. The summed E-state index contributed by atoms with van der Waals surface area (Å²) in [6.45, 7) is 17.4. The van der Waals surface area contributed by atoms with Crippen LogP contribution in [-0.2, 0) is 0 Å². The number of hydrogen-bond donors (Lipinski definition) is 2. The van der Waals surface area contributed by atoms with Gasteiger partial charge in [-0.15, -0.1) is 0 Å². The van der Waals surface area contributed by atoms with Crippen LogP contribution in [0.1, 0.15) is 61.8 Å². The van der Waals surface area contributed by atoms with E-state index in [9.17, 15) is 0 Å². The molecule has 0 aromatic carbocycles. The van der Waals surface area contributed by atoms with Crippen LogP contribution in [0.2, 0.25) is 0 Å². The third-order valence-electron chi connectivity index (χ3n) is 3.61. The maximum Gasteiger partial charge on any atom is 0.00876 e. The van der Waals surface area contributed by atoms with Crippen LogP contribution in [-0.4, -0.2) is 12.1 Å². The van der Waals surface area contributed by atoms with E-state index in [1.54, 1.807) is 0 Å². The molecule has 0 aromatic heterocycles. The van der Waals surface area contributed by atoms with Gasteiger partial charge in [0.2, 0.25) is 0 Å². The summed E-state index contributed by atoms with van der Waals surface area (Å²) in [6.07, 6.45) is 1.19. The van der Waals surface area contributed by atoms with Crippen LogP contribution in [0.3, 0.4) is 0 Å². The van der Waals surface area contributed by atoms with Crippen LogP contribution in [0.4, 0.5) is 0 Å². The fourth-order valence-corrected chi connectivity index (χ4v) is 1.70. The quantitative estimate of drug-likeness (QED) is 0.776. The summed E-state index contributed by atoms with van der Waals surface area (Å²) in [6, 6.07) is 0.755. The summed E-state index contributed by atoms with van der Waals surface area (Å²) < 4.78 is 0. The molecule has 0 bridgehead atoms. The van der Waals surface area contributed by atoms with E-state index in [4.69, 9.17) is 11.5 Å². The Balaban J connectivity index is 0. The molecule has 0 radical (unpaired) electrons. The van der Waals surface area contributed by atoms with Gasteiger partial charge in [-0.1, -0.05) is 61.8 Å². The van der Waals surface area contributed by atoms with Gasteiger partial charge in [-0.2, -0.15) is 0 Å². The van der Waals surface area contributed by atoms with E-state index < -0.39 is 0 Å². The van der Waals surface area contributed by atoms with Crippen molar-refractivity contribution in [2.24, 2.45) is 35.1 Å². The predicted octanol–water partition coefficient (Wildman–Crippen LogP) is 3.64. The SMILES string of the molecule is CC(C)C(N)C(C)C.CCC(C)[C@H](N)C(C)C. The number of hydrogen-bond acceptors (Lipinski definition) is 2. The Morgan fingerprint density at radius 1 is 0.647 bits per heavy atom. The Labute approximate surface area is 110 Å². The summed E-state index contributed by atoms with van der Waals surface area (Å²) in [7, 11) is 0. The molecule has 0 saturated heterocycles. The minimum Gasteiger partial charge on any atom is -0.327 e. The van der Waals surface area contributed by atoms with E-state index in [1.165, 1.54) is 6.42 Å². The van der Waals surface area contributed by atoms with Gasteiger partial charge >= 0.3 is 0 Å². The third kappa shape index (κ3) is 9.61. The first-order chi connectivity index (χ1) is 7.64. The first-order valence-corrected chi connectivity index (χ1v) is 7.16. The summed E-state index contributed by atoms with van der Waals surface area (Å²) in [5.41, 5.74) is 11.6. The van der Waals surface area contributed by atoms with Crippen LogP contribution < -0.4 is 11.5 Å². The molecule has 106 valence electrons. The molecule has 0 aromatic rings. The molecule has 1 unspecified atom stereocenters. The Hall–Kier alpha value is -0.0800. The Bertz CT molecular complexity index is 156. The molecule has 2 atom stereocenters. The highest BCUT2D eigenvalue weighted by Crippen LogP contribution is 2.12. The molecule has 2 nitrogen and oxygen atoms in total. The third-order valence-corrected chi connectivity index (χ3v) is 3.61. The Morgan fingerprint density at radius 3 is 1.00 bits per heavy atom. The largest absolute Gasteiger partial charge is 0.327 e. The first kappa shape index (κ1) is 19.3. The lowest BCUT2D eigenvalue weighted by atomic mass is 9.91. The van der Waals surface area contributed by atoms with Crippen molar-refractivity contribution in [1.29, 1.82) is 0 Å². The van der Waals surface area contributed by atoms with E-state index in [1.807, 2.05) is 0 Å². The zero-order valence-electron chi connectivity index (χ0n) is 13.3. The Morgan fingerprint density at radius 2 is 0.941 bits per heavy atom. The van der Waals surface area contributed by atoms with Crippen molar-refractivity contribution < 1.29 is 0 Å². The van der Waals surface area contributed by atoms with Crippen molar-refractivity contribution in [1.82, 2.24) is 0 Å². The van der Waals surface area contributed by atoms with Gasteiger partial charge in [-0.3, -0.25) is 0 Å². The van der Waals surface area contributed by atoms with Gasteiger partial charge < -0.3 is 11.5 Å². The van der Waals surface area contributed by atoms with Crippen LogP contribution in [0.25, 0.3) is 0 Å². The highest BCUT2D eigenvalue weighted by atomic mass is 14.7. The predicted molar refractivity (Wildman–Crippen MR) is 79.9 cm³/mol. The molecule has 2 heteroatoms. The highest BCUT2D eigenvalue weighted by Gasteiger charge is 2.13. The van der Waals surface area contributed by atoms with E-state index in [2.05, 4.69) is 55.4 Å². The lowest BCUT2D eigenvalue weighted by Gasteiger charge is -2.21. The zero-order chi connectivity index (χ0) is 14.2. The lowest BCUT2D eigenvalue weighted by molar-refractivity contribution is 0.356. The molecular weight excluding hydrogens is 208 g/mol. The molecule has 0 rings (SSSR count). The first-order valence-electron chi connectivity index (χ1n) is 7.16. The van der Waals surface area contributed by atoms with Crippen LogP contribution in [0.15, 0.2) is 0 Å². The van der Waals surface area contributed by atoms with Crippen LogP contribution in [0, 0.1) is 23.7 Å². The molecule has 17 heavy (non-hydrogen) atoms. The van der Waals surface area contributed by atoms with Gasteiger partial charge in [-0.05, 0) is 23.7 Å². The van der Waals surface area contributed by atoms with E-state index >= 15 is 0 Å². The van der Waals surface area contributed by atoms with Crippen LogP contribution in [0.5, 0.6) is 0 Å². The number of nitrogens with two attached hydrogens (primary N) is 2. The lowest BCUT2D eigenvalue weighted by Crippen LogP contribution is -2.32. The van der Waals surface area contributed by atoms with Gasteiger partial charge in [0.1, 0.15) is 0 Å². The van der Waals surface area contributed by atoms with Crippen molar-refractivity contribution in [2.45, 2.75) is 73.9 Å². The van der Waals surface area contributed by atoms with Crippen molar-refractivity contribution >= 4 is 0 Å². The van der Waals surface area contributed by atoms with E-state index in [-0.39, 0.29) is 0 Å². The zero-order valence-corrected chi connectivity index (χ0v) is 13.3. The second-order valence-corrected chi connectivity index (χ2v) is 6.27. The van der Waals surface area contributed by atoms with Gasteiger partial charge in [-0.25, -0.2) is 0 Å². The molecule has 0 aliphatic rings. The van der Waals surface area contributed by atoms with Crippen molar-refractivity contribution in [2.75, 3.05) is 0 Å². The maximum atomic E-state index is 5.87. The van der Waals surface area contributed by atoms with Gasteiger partial charge in [0.15, 0.2) is 0 Å². The monoisotopic (exact) mass is 244 g/mol. The van der Waals surface area contributed by atoms with E-state index in [0.717, 1.165) is 0 Å². The average Bonchev–Trinajstić information content (AvgIpc) is 2.26. The fraction of sp³-hybridized carbons (Fsp3) is 1.00. The highest BCUT2D eigenvalue weighted by molar-refractivity contribution is 4.70. The van der Waals surface area contributed by atoms with Gasteiger partial charge in [0.05, 0.1) is 0 Å². The fourth-order valence-electron chi connectivity index (χ4n) is 1.70. The molecule has 0 fully saturated rings. The molecule has 4 N–H and O–H groups in total. The maximum absolute atomic E-state index is 5.87. The normalized spacial score (nSPS) is 15.2. The average molecular weight is 244 g/mol. The minimum absolute atomic E-state index is 0.370. The molecule has 0 heterocycles. The minimum atomic E-state index is 0.370. The topological polar surface area (TPSA) is 52.0 Å². The van der Waals surface area contributed by atoms with Crippen molar-refractivity contribution in [3.05, 3.63) is 0 Å². The molecule has 0 aliphatic heterocycles. The van der Waals surface area contributed by atoms with E-state index in [0.29, 0.717) is 35.8 Å².